The van der Waals surface area contributed by atoms with Crippen LogP contribution in [0.5, 0.6) is 5.75 Å². The minimum atomic E-state index is -1.20. The summed E-state index contributed by atoms with van der Waals surface area (Å²) in [5, 5.41) is 25.0. The fourth-order valence-electron chi connectivity index (χ4n) is 3.84. The maximum atomic E-state index is 12.8. The molecule has 32 heavy (non-hydrogen) atoms. The summed E-state index contributed by atoms with van der Waals surface area (Å²) in [5.74, 6) is -1.54. The first-order chi connectivity index (χ1) is 15.5. The van der Waals surface area contributed by atoms with Gasteiger partial charge < -0.3 is 15.2 Å². The maximum Gasteiger partial charge on any atom is 0.336 e. The van der Waals surface area contributed by atoms with Gasteiger partial charge in [0.1, 0.15) is 10.7 Å². The predicted molar refractivity (Wildman–Crippen MR) is 126 cm³/mol. The number of hydrogen-bond acceptors (Lipinski definition) is 4. The van der Waals surface area contributed by atoms with Crippen LogP contribution in [0.2, 0.25) is 5.15 Å². The van der Waals surface area contributed by atoms with Crippen molar-refractivity contribution in [2.45, 2.75) is 0 Å². The van der Waals surface area contributed by atoms with Crippen LogP contribution in [0.3, 0.4) is 0 Å². The molecule has 158 valence electrons. The largest absolute Gasteiger partial charge is 0.505 e. The molecule has 5 aromatic rings. The fraction of sp³-hybridized carbons (Fsp3) is 0. The van der Waals surface area contributed by atoms with Gasteiger partial charge in [-0.05, 0) is 52.2 Å². The van der Waals surface area contributed by atoms with Gasteiger partial charge in [-0.15, -0.1) is 0 Å². The Hall–Kier alpha value is -3.81. The van der Waals surface area contributed by atoms with Crippen LogP contribution in [-0.2, 0) is 0 Å². The third kappa shape index (κ3) is 3.19. The minimum Gasteiger partial charge on any atom is -0.505 e. The van der Waals surface area contributed by atoms with E-state index in [4.69, 9.17) is 11.6 Å². The summed E-state index contributed by atoms with van der Waals surface area (Å²) in [6, 6.07) is 17.3. The van der Waals surface area contributed by atoms with Crippen LogP contribution in [0.25, 0.3) is 39.0 Å². The first kappa shape index (κ1) is 20.1. The quantitative estimate of drug-likeness (QED) is 0.316. The van der Waals surface area contributed by atoms with Crippen LogP contribution in [0.4, 0.5) is 0 Å². The molecule has 0 aliphatic heterocycles. The van der Waals surface area contributed by atoms with Gasteiger partial charge >= 0.3 is 5.97 Å². The van der Waals surface area contributed by atoms with Crippen molar-refractivity contribution in [2.75, 3.05) is 0 Å². The topological polar surface area (TPSA) is 95.3 Å². The van der Waals surface area contributed by atoms with E-state index in [1.54, 1.807) is 34.1 Å². The lowest BCUT2D eigenvalue weighted by Crippen LogP contribution is -2.12. The Morgan fingerprint density at radius 3 is 2.47 bits per heavy atom. The Labute approximate surface area is 190 Å². The molecule has 3 aromatic heterocycles. The van der Waals surface area contributed by atoms with Crippen LogP contribution in [0.1, 0.15) is 10.4 Å². The number of aromatic nitrogens is 2. The van der Waals surface area contributed by atoms with E-state index in [2.05, 4.69) is 10.4 Å². The number of carboxylic acid groups (broad SMARTS) is 1. The van der Waals surface area contributed by atoms with E-state index in [0.29, 0.717) is 11.2 Å². The highest BCUT2D eigenvalue weighted by atomic mass is 35.5. The number of benzene rings is 2. The predicted octanol–water partition coefficient (Wildman–Crippen LogP) is 5.77. The highest BCUT2D eigenvalue weighted by Gasteiger charge is 2.23. The monoisotopic (exact) mass is 462 g/mol. The molecule has 3 N–H and O–H groups in total. The molecule has 2 aromatic carbocycles. The molecule has 0 amide bonds. The second kappa shape index (κ2) is 7.71. The summed E-state index contributed by atoms with van der Waals surface area (Å²) in [4.78, 5) is 27.2. The standard InChI is InChI=1S/C24H15ClN2O4S/c25-19-11-18-21(27(19)15-7-5-13(6-8-15)14-9-10-32-12-14)22(28)20(23(29)26-18)16-3-1-2-4-17(16)24(30)31/h1-12H,(H,30,31)(H2,26,28,29). The minimum absolute atomic E-state index is 0.0861. The average Bonchev–Trinajstić information content (AvgIpc) is 3.42. The molecular weight excluding hydrogens is 448 g/mol. The molecule has 0 fully saturated rings. The van der Waals surface area contributed by atoms with E-state index in [1.165, 1.54) is 12.1 Å². The zero-order chi connectivity index (χ0) is 22.4. The molecule has 0 spiro atoms. The zero-order valence-electron chi connectivity index (χ0n) is 16.4. The molecule has 0 saturated carbocycles. The maximum absolute atomic E-state index is 12.8. The number of carbonyl (C=O) groups is 1. The van der Waals surface area contributed by atoms with Crippen molar-refractivity contribution in [3.05, 3.63) is 92.5 Å². The third-order valence-corrected chi connectivity index (χ3v) is 6.26. The number of thiophene rings is 1. The van der Waals surface area contributed by atoms with Gasteiger partial charge in [0, 0.05) is 11.3 Å². The number of nitrogens with zero attached hydrogens (tertiary/aromatic N) is 1. The Bertz CT molecular complexity index is 1530. The molecule has 0 bridgehead atoms. The molecule has 3 heterocycles. The van der Waals surface area contributed by atoms with Crippen LogP contribution in [-0.4, -0.2) is 25.7 Å². The molecule has 8 heteroatoms. The summed E-state index contributed by atoms with van der Waals surface area (Å²) in [6.45, 7) is 0. The Morgan fingerprint density at radius 2 is 1.78 bits per heavy atom. The first-order valence-corrected chi connectivity index (χ1v) is 10.9. The van der Waals surface area contributed by atoms with Crippen LogP contribution < -0.4 is 5.56 Å². The lowest BCUT2D eigenvalue weighted by molar-refractivity contribution is 0.0697. The Balaban J connectivity index is 1.74. The molecule has 0 aliphatic rings. The fourth-order valence-corrected chi connectivity index (χ4v) is 4.80. The molecule has 0 aliphatic carbocycles. The highest BCUT2D eigenvalue weighted by Crippen LogP contribution is 2.38. The van der Waals surface area contributed by atoms with Gasteiger partial charge in [0.05, 0.1) is 16.6 Å². The molecule has 6 nitrogen and oxygen atoms in total. The van der Waals surface area contributed by atoms with Crippen molar-refractivity contribution in [1.82, 2.24) is 9.55 Å². The van der Waals surface area contributed by atoms with Gasteiger partial charge in [0.25, 0.3) is 5.56 Å². The summed E-state index contributed by atoms with van der Waals surface area (Å²) in [5.41, 5.74) is 2.76. The molecule has 0 atom stereocenters. The van der Waals surface area contributed by atoms with Gasteiger partial charge in [-0.1, -0.05) is 41.9 Å². The molecule has 0 saturated heterocycles. The molecule has 0 unspecified atom stereocenters. The second-order valence-corrected chi connectivity index (χ2v) is 8.32. The van der Waals surface area contributed by atoms with E-state index in [0.717, 1.165) is 11.1 Å². The van der Waals surface area contributed by atoms with Crippen LogP contribution in [0.15, 0.2) is 76.2 Å². The summed E-state index contributed by atoms with van der Waals surface area (Å²) < 4.78 is 1.62. The number of fused-ring (bicyclic) bond motifs is 1. The van der Waals surface area contributed by atoms with E-state index in [-0.39, 0.29) is 33.1 Å². The van der Waals surface area contributed by atoms with Gasteiger partial charge in [0.15, 0.2) is 5.75 Å². The highest BCUT2D eigenvalue weighted by molar-refractivity contribution is 7.08. The van der Waals surface area contributed by atoms with Crippen LogP contribution >= 0.6 is 22.9 Å². The second-order valence-electron chi connectivity index (χ2n) is 7.15. The van der Waals surface area contributed by atoms with E-state index < -0.39 is 11.5 Å². The van der Waals surface area contributed by atoms with Crippen molar-refractivity contribution < 1.29 is 15.0 Å². The number of aromatic carboxylic acids is 1. The number of pyridine rings is 1. The van der Waals surface area contributed by atoms with Gasteiger partial charge in [-0.2, -0.15) is 11.3 Å². The van der Waals surface area contributed by atoms with E-state index >= 15 is 0 Å². The molecular formula is C24H15ClN2O4S. The number of nitrogens with one attached hydrogen (secondary N) is 1. The van der Waals surface area contributed by atoms with E-state index in [9.17, 15) is 19.8 Å². The summed E-state index contributed by atoms with van der Waals surface area (Å²) in [6.07, 6.45) is 0. The van der Waals surface area contributed by atoms with Crippen molar-refractivity contribution in [1.29, 1.82) is 0 Å². The SMILES string of the molecule is O=C(O)c1ccccc1-c1c(O)c2c(cc(Cl)n2-c2ccc(-c3ccsc3)cc2)[nH]c1=O. The van der Waals surface area contributed by atoms with Gasteiger partial charge in [-0.25, -0.2) is 4.79 Å². The Morgan fingerprint density at radius 1 is 1.03 bits per heavy atom. The molecule has 5 rings (SSSR count). The van der Waals surface area contributed by atoms with Crippen molar-refractivity contribution >= 4 is 39.9 Å². The van der Waals surface area contributed by atoms with Gasteiger partial charge in [0.2, 0.25) is 0 Å². The third-order valence-electron chi connectivity index (χ3n) is 5.30. The number of aromatic amines is 1. The van der Waals surface area contributed by atoms with Crippen molar-refractivity contribution in [3.8, 4) is 33.7 Å². The van der Waals surface area contributed by atoms with Crippen molar-refractivity contribution in [3.63, 3.8) is 0 Å². The molecule has 0 radical (unpaired) electrons. The number of H-pyrrole nitrogens is 1. The average molecular weight is 463 g/mol. The zero-order valence-corrected chi connectivity index (χ0v) is 17.9. The number of carboxylic acids is 1. The van der Waals surface area contributed by atoms with Crippen LogP contribution in [0, 0.1) is 0 Å². The Kier molecular flexibility index (Phi) is 4.84. The lowest BCUT2D eigenvalue weighted by atomic mass is 9.99. The summed E-state index contributed by atoms with van der Waals surface area (Å²) in [7, 11) is 0. The smallest absolute Gasteiger partial charge is 0.336 e. The lowest BCUT2D eigenvalue weighted by Gasteiger charge is -2.12. The number of rotatable bonds is 4. The normalized spacial score (nSPS) is 11.2. The number of aromatic hydroxyl groups is 1. The van der Waals surface area contributed by atoms with Gasteiger partial charge in [-0.3, -0.25) is 9.36 Å². The number of hydrogen-bond donors (Lipinski definition) is 3. The number of halogens is 1. The first-order valence-electron chi connectivity index (χ1n) is 9.57. The summed E-state index contributed by atoms with van der Waals surface area (Å²) >= 11 is 8.09. The van der Waals surface area contributed by atoms with E-state index in [1.807, 2.05) is 35.7 Å². The van der Waals surface area contributed by atoms with Crippen molar-refractivity contribution in [2.24, 2.45) is 0 Å².